The zero-order valence-electron chi connectivity index (χ0n) is 25.8. The topological polar surface area (TPSA) is 127 Å². The number of anilines is 2. The van der Waals surface area contributed by atoms with Crippen LogP contribution >= 0.6 is 39.0 Å². The molecule has 1 saturated heterocycles. The quantitative estimate of drug-likeness (QED) is 0.213. The summed E-state index contributed by atoms with van der Waals surface area (Å²) in [6, 6.07) is 19.7. The number of thioether (sulfide) groups is 1. The maximum Gasteiger partial charge on any atom is 0.305 e. The van der Waals surface area contributed by atoms with E-state index in [4.69, 9.17) is 14.2 Å². The van der Waals surface area contributed by atoms with Gasteiger partial charge < -0.3 is 24.5 Å². The summed E-state index contributed by atoms with van der Waals surface area (Å²) in [6.07, 6.45) is 0.760. The number of ether oxygens (including phenoxy) is 3. The van der Waals surface area contributed by atoms with Crippen LogP contribution in [0.4, 0.5) is 11.4 Å². The van der Waals surface area contributed by atoms with Crippen LogP contribution in [0, 0.1) is 29.6 Å². The summed E-state index contributed by atoms with van der Waals surface area (Å²) < 4.78 is 17.5. The number of rotatable bonds is 8. The lowest BCUT2D eigenvalue weighted by atomic mass is 9.68. The van der Waals surface area contributed by atoms with Crippen molar-refractivity contribution >= 4 is 68.1 Å². The van der Waals surface area contributed by atoms with Gasteiger partial charge in [0.25, 0.3) is 5.91 Å². The van der Waals surface area contributed by atoms with E-state index in [9.17, 15) is 19.2 Å². The number of fused-ring (bicyclic) bond motifs is 9. The van der Waals surface area contributed by atoms with E-state index in [2.05, 4.69) is 26.2 Å². The fraction of sp³-hybridized carbons (Fsp3) is 0.314. The maximum absolute atomic E-state index is 14.1. The van der Waals surface area contributed by atoms with Crippen LogP contribution in [0.1, 0.15) is 22.8 Å². The minimum absolute atomic E-state index is 0.0109. The minimum atomic E-state index is -0.446. The second kappa shape index (κ2) is 12.1. The molecule has 8 rings (SSSR count). The first-order chi connectivity index (χ1) is 23.2. The van der Waals surface area contributed by atoms with Crippen molar-refractivity contribution in [2.75, 3.05) is 31.0 Å². The van der Waals surface area contributed by atoms with Gasteiger partial charge in [-0.2, -0.15) is 0 Å². The smallest absolute Gasteiger partial charge is 0.305 e. The fourth-order valence-electron chi connectivity index (χ4n) is 8.26. The molecule has 4 unspecified atom stereocenters. The molecule has 2 aliphatic carbocycles. The number of carbonyl (C=O) groups excluding carboxylic acids is 3. The van der Waals surface area contributed by atoms with E-state index in [0.29, 0.717) is 28.6 Å². The van der Waals surface area contributed by atoms with Gasteiger partial charge in [-0.25, -0.2) is 0 Å². The highest BCUT2D eigenvalue weighted by atomic mass is 79.9. The van der Waals surface area contributed by atoms with Gasteiger partial charge in [0.05, 0.1) is 36.8 Å². The number of aromatic nitrogens is 1. The molecule has 2 N–H and O–H groups in total. The Hall–Kier alpha value is -4.07. The summed E-state index contributed by atoms with van der Waals surface area (Å²) in [5.74, 6) is -0.0538. The Morgan fingerprint density at radius 3 is 2.29 bits per heavy atom. The largest absolute Gasteiger partial charge is 0.497 e. The van der Waals surface area contributed by atoms with E-state index < -0.39 is 11.8 Å². The molecule has 4 aromatic rings. The van der Waals surface area contributed by atoms with Crippen molar-refractivity contribution in [2.24, 2.45) is 29.6 Å². The van der Waals surface area contributed by atoms with E-state index in [-0.39, 0.29) is 58.1 Å². The number of halogens is 1. The zero-order chi connectivity index (χ0) is 33.3. The molecule has 0 spiro atoms. The van der Waals surface area contributed by atoms with Crippen LogP contribution in [0.2, 0.25) is 0 Å². The van der Waals surface area contributed by atoms with Gasteiger partial charge in [0, 0.05) is 31.8 Å². The Morgan fingerprint density at radius 1 is 0.938 bits per heavy atom. The Balaban J connectivity index is 1.12. The van der Waals surface area contributed by atoms with Gasteiger partial charge in [-0.1, -0.05) is 27.3 Å². The summed E-state index contributed by atoms with van der Waals surface area (Å²) in [5, 5.41) is 3.66. The van der Waals surface area contributed by atoms with Gasteiger partial charge >= 0.3 is 4.87 Å². The van der Waals surface area contributed by atoms with Crippen molar-refractivity contribution in [1.29, 1.82) is 0 Å². The second-order valence-corrected chi connectivity index (χ2v) is 15.5. The monoisotopic (exact) mass is 747 g/mol. The lowest BCUT2D eigenvalue weighted by Crippen LogP contribution is -2.42. The number of methoxy groups -OCH3 is 2. The molecular weight excluding hydrogens is 718 g/mol. The molecule has 10 nitrogen and oxygen atoms in total. The summed E-state index contributed by atoms with van der Waals surface area (Å²) in [7, 11) is 3.15. The molecule has 3 aromatic carbocycles. The molecule has 2 saturated carbocycles. The average Bonchev–Trinajstić information content (AvgIpc) is 3.83. The summed E-state index contributed by atoms with van der Waals surface area (Å²) in [6.45, 7) is -0.229. The number of thiazole rings is 1. The molecule has 2 aliphatic heterocycles. The Bertz CT molecular complexity index is 2000. The number of hydrogen-bond acceptors (Lipinski definition) is 9. The molecule has 4 aliphatic rings. The van der Waals surface area contributed by atoms with E-state index in [1.165, 1.54) is 16.2 Å². The van der Waals surface area contributed by atoms with Crippen molar-refractivity contribution in [3.63, 3.8) is 0 Å². The fourth-order valence-corrected chi connectivity index (χ4v) is 11.5. The standard InChI is InChI=1S/C35H30BrN3O7S2/c1-44-19-8-4-17(5-9-19)37-25(40)15-46-24-12-3-16(36)13-21(24)26-27-22-14-23(30(27)47-32-31(26)48-35(43)38-32)29-28(22)33(41)39(34(29)42)18-6-10-20(45-2)11-7-18/h3-13,22-23,26-30H,14-15H2,1-2H3,(H,37,40)(H,38,43)/t22-,23-,26-,27?,28?,29?,30?/m1/s1. The van der Waals surface area contributed by atoms with Crippen molar-refractivity contribution < 1.29 is 28.6 Å². The van der Waals surface area contributed by atoms with Crippen LogP contribution in [-0.2, 0) is 14.4 Å². The molecule has 3 amide bonds. The highest BCUT2D eigenvalue weighted by molar-refractivity contribution is 9.10. The predicted molar refractivity (Wildman–Crippen MR) is 185 cm³/mol. The van der Waals surface area contributed by atoms with Crippen LogP contribution in [0.3, 0.4) is 0 Å². The Labute approximate surface area is 292 Å². The lowest BCUT2D eigenvalue weighted by molar-refractivity contribution is -0.123. The Morgan fingerprint density at radius 2 is 1.60 bits per heavy atom. The molecule has 2 bridgehead atoms. The first-order valence-electron chi connectivity index (χ1n) is 15.5. The highest BCUT2D eigenvalue weighted by Gasteiger charge is 2.69. The van der Waals surface area contributed by atoms with Gasteiger partial charge in [-0.15, -0.1) is 11.8 Å². The normalized spacial score (nSPS) is 26.6. The van der Waals surface area contributed by atoms with Gasteiger partial charge in [0.2, 0.25) is 11.8 Å². The molecule has 3 heterocycles. The third-order valence-corrected chi connectivity index (χ3v) is 13.2. The van der Waals surface area contributed by atoms with Crippen molar-refractivity contribution in [2.45, 2.75) is 22.6 Å². The first kappa shape index (κ1) is 31.2. The highest BCUT2D eigenvalue weighted by Crippen LogP contribution is 2.69. The van der Waals surface area contributed by atoms with Crippen LogP contribution < -0.4 is 29.3 Å². The van der Waals surface area contributed by atoms with E-state index in [1.54, 1.807) is 74.5 Å². The number of nitrogens with one attached hydrogen (secondary N) is 2. The molecule has 246 valence electrons. The number of aromatic amines is 1. The van der Waals surface area contributed by atoms with E-state index in [0.717, 1.165) is 26.4 Å². The maximum atomic E-state index is 14.1. The van der Waals surface area contributed by atoms with Crippen LogP contribution in [0.25, 0.3) is 0 Å². The summed E-state index contributed by atoms with van der Waals surface area (Å²) in [5.41, 5.74) is 2.00. The van der Waals surface area contributed by atoms with Gasteiger partial charge in [-0.05, 0) is 90.9 Å². The van der Waals surface area contributed by atoms with Crippen LogP contribution in [0.15, 0.2) is 81.0 Å². The number of H-pyrrole nitrogens is 1. The van der Waals surface area contributed by atoms with Gasteiger partial charge in [0.1, 0.15) is 17.2 Å². The molecule has 0 radical (unpaired) electrons. The first-order valence-corrected chi connectivity index (χ1v) is 18.0. The van der Waals surface area contributed by atoms with E-state index >= 15 is 0 Å². The number of hydrogen-bond donors (Lipinski definition) is 2. The third-order valence-electron chi connectivity index (χ3n) is 10.1. The number of carbonyl (C=O) groups is 3. The van der Waals surface area contributed by atoms with E-state index in [1.807, 2.05) is 18.2 Å². The van der Waals surface area contributed by atoms with Crippen LogP contribution in [0.5, 0.6) is 17.2 Å². The number of benzene rings is 3. The molecule has 7 atom stereocenters. The molecule has 13 heteroatoms. The SMILES string of the molecule is COc1ccc(NC(=O)COc2ccc(Br)cc2[C@H]2c3sc(=O)[nH]c3SC3C2[C@H]2C[C@@H]3C3C(=O)N(c4ccc(OC)cc4)C(=O)C32)cc1. The molecular formula is C35H30BrN3O7S2. The van der Waals surface area contributed by atoms with Crippen LogP contribution in [-0.4, -0.2) is 48.8 Å². The molecule has 1 aromatic heterocycles. The number of amides is 3. The Kier molecular flexibility index (Phi) is 7.88. The zero-order valence-corrected chi connectivity index (χ0v) is 29.0. The van der Waals surface area contributed by atoms with Crippen molar-refractivity contribution in [3.05, 3.63) is 91.3 Å². The second-order valence-electron chi connectivity index (χ2n) is 12.4. The minimum Gasteiger partial charge on any atom is -0.497 e. The van der Waals surface area contributed by atoms with Gasteiger partial charge in [0.15, 0.2) is 6.61 Å². The number of imide groups is 1. The summed E-state index contributed by atoms with van der Waals surface area (Å²) in [4.78, 5) is 59.0. The predicted octanol–water partition coefficient (Wildman–Crippen LogP) is 5.91. The van der Waals surface area contributed by atoms with Crippen molar-refractivity contribution in [3.8, 4) is 17.2 Å². The average molecular weight is 749 g/mol. The third kappa shape index (κ3) is 5.05. The lowest BCUT2D eigenvalue weighted by Gasteiger charge is -2.43. The summed E-state index contributed by atoms with van der Waals surface area (Å²) >= 11 is 6.43. The van der Waals surface area contributed by atoms with Gasteiger partial charge in [-0.3, -0.25) is 24.1 Å². The van der Waals surface area contributed by atoms with Crippen molar-refractivity contribution in [1.82, 2.24) is 4.98 Å². The number of nitrogens with zero attached hydrogens (tertiary/aromatic N) is 1. The molecule has 3 fully saturated rings. The molecule has 48 heavy (non-hydrogen) atoms.